The number of phenols is 1. The molecule has 0 heterocycles. The topological polar surface area (TPSA) is 66.5 Å². The summed E-state index contributed by atoms with van der Waals surface area (Å²) in [7, 11) is 0. The summed E-state index contributed by atoms with van der Waals surface area (Å²) in [5, 5.41) is 17.9. The fourth-order valence-corrected chi connectivity index (χ4v) is 1.12. The van der Waals surface area contributed by atoms with Crippen molar-refractivity contribution in [3.63, 3.8) is 0 Å². The van der Waals surface area contributed by atoms with Crippen LogP contribution in [0.5, 0.6) is 5.75 Å². The van der Waals surface area contributed by atoms with Crippen molar-refractivity contribution in [2.24, 2.45) is 5.73 Å². The van der Waals surface area contributed by atoms with Gasteiger partial charge in [0, 0.05) is 18.2 Å². The van der Waals surface area contributed by atoms with Crippen LogP contribution in [0.25, 0.3) is 0 Å². The van der Waals surface area contributed by atoms with Gasteiger partial charge in [0.2, 0.25) is 0 Å². The van der Waals surface area contributed by atoms with Crippen LogP contribution in [0.2, 0.25) is 0 Å². The highest BCUT2D eigenvalue weighted by atomic mass is 19.1. The second-order valence-electron chi connectivity index (χ2n) is 2.82. The van der Waals surface area contributed by atoms with Crippen LogP contribution in [-0.2, 0) is 0 Å². The van der Waals surface area contributed by atoms with Gasteiger partial charge in [0.25, 0.3) is 0 Å². The van der Waals surface area contributed by atoms with E-state index in [1.165, 1.54) is 12.1 Å². The van der Waals surface area contributed by atoms with E-state index in [4.69, 9.17) is 10.8 Å². The van der Waals surface area contributed by atoms with E-state index in [1.807, 2.05) is 0 Å². The highest BCUT2D eigenvalue weighted by molar-refractivity contribution is 5.34. The molecule has 0 fully saturated rings. The summed E-state index contributed by atoms with van der Waals surface area (Å²) in [5.41, 5.74) is 5.92. The maximum absolute atomic E-state index is 12.7. The van der Waals surface area contributed by atoms with Crippen molar-refractivity contribution >= 4 is 0 Å². The molecule has 72 valence electrons. The lowest BCUT2D eigenvalue weighted by atomic mass is 10.0. The first-order chi connectivity index (χ1) is 6.15. The van der Waals surface area contributed by atoms with Gasteiger partial charge in [0.05, 0.1) is 0 Å². The zero-order valence-electron chi connectivity index (χ0n) is 7.07. The summed E-state index contributed by atoms with van der Waals surface area (Å²) in [5.74, 6) is -0.483. The second kappa shape index (κ2) is 4.20. The number of halogens is 1. The monoisotopic (exact) mass is 185 g/mol. The molecule has 1 aromatic rings. The molecular formula is C9H12FNO2. The second-order valence-corrected chi connectivity index (χ2v) is 2.82. The molecule has 0 aliphatic heterocycles. The molecule has 0 aliphatic carbocycles. The van der Waals surface area contributed by atoms with E-state index >= 15 is 0 Å². The molecule has 0 spiro atoms. The fourth-order valence-electron chi connectivity index (χ4n) is 1.12. The van der Waals surface area contributed by atoms with Crippen molar-refractivity contribution in [3.05, 3.63) is 29.6 Å². The lowest BCUT2D eigenvalue weighted by Gasteiger charge is -2.11. The van der Waals surface area contributed by atoms with Crippen LogP contribution in [-0.4, -0.2) is 16.8 Å². The summed E-state index contributed by atoms with van der Waals surface area (Å²) in [6, 6.07) is 3.06. The molecule has 0 bridgehead atoms. The first kappa shape index (κ1) is 9.95. The Labute approximate surface area is 75.6 Å². The minimum atomic E-state index is -0.527. The molecule has 1 rings (SSSR count). The maximum atomic E-state index is 12.7. The van der Waals surface area contributed by atoms with E-state index in [2.05, 4.69) is 0 Å². The smallest absolute Gasteiger partial charge is 0.123 e. The first-order valence-corrected chi connectivity index (χ1v) is 4.00. The average molecular weight is 185 g/mol. The third-order valence-electron chi connectivity index (χ3n) is 1.83. The van der Waals surface area contributed by atoms with Crippen LogP contribution < -0.4 is 5.73 Å². The summed E-state index contributed by atoms with van der Waals surface area (Å²) < 4.78 is 12.7. The number of aromatic hydroxyl groups is 1. The standard InChI is InChI=1S/C9H12FNO2/c10-6-1-2-9(13)7(5-6)8(11)3-4-12/h1-2,5,8,12-13H,3-4,11H2. The third-order valence-corrected chi connectivity index (χ3v) is 1.83. The number of aliphatic hydroxyl groups is 1. The van der Waals surface area contributed by atoms with Crippen LogP contribution in [0.4, 0.5) is 4.39 Å². The Morgan fingerprint density at radius 1 is 1.46 bits per heavy atom. The molecule has 1 aromatic carbocycles. The number of hydrogen-bond donors (Lipinski definition) is 3. The molecule has 13 heavy (non-hydrogen) atoms. The van der Waals surface area contributed by atoms with Gasteiger partial charge in [-0.2, -0.15) is 0 Å². The average Bonchev–Trinajstić information content (AvgIpc) is 2.09. The van der Waals surface area contributed by atoms with Crippen molar-refractivity contribution in [2.75, 3.05) is 6.61 Å². The molecule has 0 aliphatic rings. The zero-order valence-corrected chi connectivity index (χ0v) is 7.07. The summed E-state index contributed by atoms with van der Waals surface area (Å²) in [4.78, 5) is 0. The Balaban J connectivity index is 2.91. The van der Waals surface area contributed by atoms with Gasteiger partial charge in [-0.3, -0.25) is 0 Å². The number of nitrogens with two attached hydrogens (primary N) is 1. The van der Waals surface area contributed by atoms with Gasteiger partial charge in [0.1, 0.15) is 11.6 Å². The Morgan fingerprint density at radius 2 is 2.15 bits per heavy atom. The molecule has 0 radical (unpaired) electrons. The molecular weight excluding hydrogens is 173 g/mol. The number of hydrogen-bond acceptors (Lipinski definition) is 3. The van der Waals surface area contributed by atoms with Crippen LogP contribution in [0.1, 0.15) is 18.0 Å². The van der Waals surface area contributed by atoms with Crippen molar-refractivity contribution in [1.29, 1.82) is 0 Å². The molecule has 1 unspecified atom stereocenters. The third kappa shape index (κ3) is 2.40. The van der Waals surface area contributed by atoms with Gasteiger partial charge in [-0.05, 0) is 24.6 Å². The van der Waals surface area contributed by atoms with Crippen LogP contribution >= 0.6 is 0 Å². The van der Waals surface area contributed by atoms with E-state index in [9.17, 15) is 9.50 Å². The fraction of sp³-hybridized carbons (Fsp3) is 0.333. The van der Waals surface area contributed by atoms with Crippen LogP contribution in [0.15, 0.2) is 18.2 Å². The van der Waals surface area contributed by atoms with Crippen LogP contribution in [0.3, 0.4) is 0 Å². The minimum absolute atomic E-state index is 0.0395. The molecule has 0 amide bonds. The Hall–Kier alpha value is -1.13. The lowest BCUT2D eigenvalue weighted by Crippen LogP contribution is -2.12. The van der Waals surface area contributed by atoms with Gasteiger partial charge in [-0.1, -0.05) is 0 Å². The van der Waals surface area contributed by atoms with Crippen molar-refractivity contribution in [2.45, 2.75) is 12.5 Å². The first-order valence-electron chi connectivity index (χ1n) is 4.00. The predicted octanol–water partition coefficient (Wildman–Crippen LogP) is 0.913. The Bertz CT molecular complexity index is 291. The van der Waals surface area contributed by atoms with E-state index in [0.717, 1.165) is 6.07 Å². The highest BCUT2D eigenvalue weighted by Gasteiger charge is 2.10. The number of benzene rings is 1. The summed E-state index contributed by atoms with van der Waals surface area (Å²) in [6.45, 7) is -0.0862. The summed E-state index contributed by atoms with van der Waals surface area (Å²) in [6.07, 6.45) is 0.303. The Morgan fingerprint density at radius 3 is 2.77 bits per heavy atom. The van der Waals surface area contributed by atoms with Crippen LogP contribution in [0, 0.1) is 5.82 Å². The van der Waals surface area contributed by atoms with Crippen molar-refractivity contribution < 1.29 is 14.6 Å². The maximum Gasteiger partial charge on any atom is 0.123 e. The van der Waals surface area contributed by atoms with E-state index in [0.29, 0.717) is 12.0 Å². The zero-order chi connectivity index (χ0) is 9.84. The molecule has 0 saturated heterocycles. The minimum Gasteiger partial charge on any atom is -0.508 e. The molecule has 0 saturated carbocycles. The van der Waals surface area contributed by atoms with Crippen molar-refractivity contribution in [3.8, 4) is 5.75 Å². The SMILES string of the molecule is NC(CCO)c1cc(F)ccc1O. The molecule has 3 nitrogen and oxygen atoms in total. The highest BCUT2D eigenvalue weighted by Crippen LogP contribution is 2.24. The van der Waals surface area contributed by atoms with Gasteiger partial charge in [-0.15, -0.1) is 0 Å². The Kier molecular flexibility index (Phi) is 3.22. The number of rotatable bonds is 3. The van der Waals surface area contributed by atoms with Gasteiger partial charge < -0.3 is 15.9 Å². The van der Waals surface area contributed by atoms with Crippen molar-refractivity contribution in [1.82, 2.24) is 0 Å². The number of aliphatic hydroxyl groups excluding tert-OH is 1. The molecule has 4 N–H and O–H groups in total. The summed E-state index contributed by atoms with van der Waals surface area (Å²) >= 11 is 0. The van der Waals surface area contributed by atoms with Gasteiger partial charge in [0.15, 0.2) is 0 Å². The number of phenolic OH excluding ortho intramolecular Hbond substituents is 1. The van der Waals surface area contributed by atoms with Gasteiger partial charge in [-0.25, -0.2) is 4.39 Å². The van der Waals surface area contributed by atoms with Gasteiger partial charge >= 0.3 is 0 Å². The van der Waals surface area contributed by atoms with E-state index in [-0.39, 0.29) is 12.4 Å². The molecule has 4 heteroatoms. The van der Waals surface area contributed by atoms with E-state index in [1.54, 1.807) is 0 Å². The lowest BCUT2D eigenvalue weighted by molar-refractivity contribution is 0.275. The predicted molar refractivity (Wildman–Crippen MR) is 46.7 cm³/mol. The largest absolute Gasteiger partial charge is 0.508 e. The quantitative estimate of drug-likeness (QED) is 0.655. The molecule has 1 atom stereocenters. The normalized spacial score (nSPS) is 12.8. The molecule has 0 aromatic heterocycles. The van der Waals surface area contributed by atoms with E-state index < -0.39 is 11.9 Å².